The van der Waals surface area contributed by atoms with E-state index in [2.05, 4.69) is 63.2 Å². The summed E-state index contributed by atoms with van der Waals surface area (Å²) in [5, 5.41) is 0. The molecule has 2 aromatic carbocycles. The first-order valence-corrected chi connectivity index (χ1v) is 8.50. The first kappa shape index (κ1) is 17.6. The zero-order valence-electron chi connectivity index (χ0n) is 14.7. The molecule has 0 radical (unpaired) electrons. The van der Waals surface area contributed by atoms with E-state index in [1.165, 1.54) is 16.7 Å². The lowest BCUT2D eigenvalue weighted by Crippen LogP contribution is -2.03. The van der Waals surface area contributed by atoms with Gasteiger partial charge >= 0.3 is 0 Å². The third-order valence-corrected chi connectivity index (χ3v) is 3.85. The molecule has 0 fully saturated rings. The monoisotopic (exact) mass is 312 g/mol. The van der Waals surface area contributed by atoms with Crippen molar-refractivity contribution in [2.75, 3.05) is 6.61 Å². The molecule has 2 rings (SSSR count). The maximum atomic E-state index is 5.70. The van der Waals surface area contributed by atoms with Crippen LogP contribution >= 0.6 is 0 Å². The Hall–Kier alpha value is -1.80. The summed E-state index contributed by atoms with van der Waals surface area (Å²) < 4.78 is 11.3. The van der Waals surface area contributed by atoms with Gasteiger partial charge in [0.15, 0.2) is 0 Å². The summed E-state index contributed by atoms with van der Waals surface area (Å²) in [6.07, 6.45) is 1.28. The predicted molar refractivity (Wildman–Crippen MR) is 96.1 cm³/mol. The van der Waals surface area contributed by atoms with Crippen LogP contribution in [0.25, 0.3) is 0 Å². The molecular weight excluding hydrogens is 284 g/mol. The molecule has 0 aliphatic carbocycles. The summed E-state index contributed by atoms with van der Waals surface area (Å²) in [6.45, 7) is 9.80. The first-order valence-electron chi connectivity index (χ1n) is 8.50. The molecule has 0 saturated heterocycles. The van der Waals surface area contributed by atoms with Gasteiger partial charge in [-0.3, -0.25) is 0 Å². The SMILES string of the molecule is CCOc1cccc(C(C)Cc2cccc(COC(C)C)c2)c1. The highest BCUT2D eigenvalue weighted by atomic mass is 16.5. The Morgan fingerprint density at radius 2 is 1.65 bits per heavy atom. The average Bonchev–Trinajstić information content (AvgIpc) is 2.54. The van der Waals surface area contributed by atoms with E-state index in [0.29, 0.717) is 19.1 Å². The van der Waals surface area contributed by atoms with Crippen LogP contribution in [0.15, 0.2) is 48.5 Å². The van der Waals surface area contributed by atoms with Gasteiger partial charge in [0, 0.05) is 0 Å². The van der Waals surface area contributed by atoms with Crippen LogP contribution in [0, 0.1) is 0 Å². The minimum atomic E-state index is 0.263. The van der Waals surface area contributed by atoms with Gasteiger partial charge in [0.2, 0.25) is 0 Å². The molecule has 0 bridgehead atoms. The Morgan fingerprint density at radius 1 is 0.913 bits per heavy atom. The molecule has 2 heteroatoms. The number of benzene rings is 2. The van der Waals surface area contributed by atoms with Gasteiger partial charge in [-0.05, 0) is 61.9 Å². The summed E-state index contributed by atoms with van der Waals surface area (Å²) in [5.74, 6) is 1.41. The van der Waals surface area contributed by atoms with Crippen LogP contribution in [0.5, 0.6) is 5.75 Å². The second-order valence-corrected chi connectivity index (χ2v) is 6.29. The molecule has 0 heterocycles. The third-order valence-electron chi connectivity index (χ3n) is 3.85. The predicted octanol–water partition coefficient (Wildman–Crippen LogP) is 5.36. The third kappa shape index (κ3) is 5.72. The van der Waals surface area contributed by atoms with Gasteiger partial charge in [0.25, 0.3) is 0 Å². The smallest absolute Gasteiger partial charge is 0.119 e. The van der Waals surface area contributed by atoms with Gasteiger partial charge in [-0.15, -0.1) is 0 Å². The molecule has 1 atom stereocenters. The molecule has 0 aliphatic heterocycles. The molecule has 23 heavy (non-hydrogen) atoms. The Morgan fingerprint density at radius 3 is 2.39 bits per heavy atom. The van der Waals surface area contributed by atoms with Crippen molar-refractivity contribution in [2.45, 2.75) is 52.7 Å². The summed E-state index contributed by atoms with van der Waals surface area (Å²) >= 11 is 0. The van der Waals surface area contributed by atoms with E-state index in [1.54, 1.807) is 0 Å². The average molecular weight is 312 g/mol. The fourth-order valence-corrected chi connectivity index (χ4v) is 2.66. The highest BCUT2D eigenvalue weighted by Crippen LogP contribution is 2.24. The quantitative estimate of drug-likeness (QED) is 0.653. The lowest BCUT2D eigenvalue weighted by molar-refractivity contribution is 0.0657. The lowest BCUT2D eigenvalue weighted by atomic mass is 9.93. The Labute approximate surface area is 140 Å². The lowest BCUT2D eigenvalue weighted by Gasteiger charge is -2.15. The van der Waals surface area contributed by atoms with Crippen molar-refractivity contribution in [3.63, 3.8) is 0 Å². The second kappa shape index (κ2) is 8.73. The van der Waals surface area contributed by atoms with Crippen LogP contribution in [-0.4, -0.2) is 12.7 Å². The van der Waals surface area contributed by atoms with Crippen molar-refractivity contribution in [1.82, 2.24) is 0 Å². The van der Waals surface area contributed by atoms with Gasteiger partial charge in [0.05, 0.1) is 19.3 Å². The number of ether oxygens (including phenoxy) is 2. The van der Waals surface area contributed by atoms with Gasteiger partial charge in [0.1, 0.15) is 5.75 Å². The molecule has 0 aromatic heterocycles. The number of rotatable bonds is 8. The Kier molecular flexibility index (Phi) is 6.66. The van der Waals surface area contributed by atoms with E-state index in [0.717, 1.165) is 12.2 Å². The van der Waals surface area contributed by atoms with Crippen molar-refractivity contribution in [3.05, 3.63) is 65.2 Å². The highest BCUT2D eigenvalue weighted by molar-refractivity contribution is 5.32. The zero-order valence-corrected chi connectivity index (χ0v) is 14.7. The van der Waals surface area contributed by atoms with E-state index in [-0.39, 0.29) is 6.10 Å². The number of hydrogen-bond acceptors (Lipinski definition) is 2. The van der Waals surface area contributed by atoms with Crippen LogP contribution in [0.3, 0.4) is 0 Å². The van der Waals surface area contributed by atoms with Crippen molar-refractivity contribution in [2.24, 2.45) is 0 Å². The van der Waals surface area contributed by atoms with Gasteiger partial charge in [-0.2, -0.15) is 0 Å². The summed E-state index contributed by atoms with van der Waals surface area (Å²) in [5.41, 5.74) is 3.91. The highest BCUT2D eigenvalue weighted by Gasteiger charge is 2.08. The fraction of sp³-hybridized carbons (Fsp3) is 0.429. The van der Waals surface area contributed by atoms with Crippen LogP contribution in [0.4, 0.5) is 0 Å². The van der Waals surface area contributed by atoms with Crippen LogP contribution in [0.2, 0.25) is 0 Å². The summed E-state index contributed by atoms with van der Waals surface area (Å²) in [7, 11) is 0. The van der Waals surface area contributed by atoms with E-state index in [1.807, 2.05) is 13.0 Å². The molecule has 1 unspecified atom stereocenters. The van der Waals surface area contributed by atoms with Crippen molar-refractivity contribution in [3.8, 4) is 5.75 Å². The topological polar surface area (TPSA) is 18.5 Å². The normalized spacial score (nSPS) is 12.4. The van der Waals surface area contributed by atoms with Gasteiger partial charge in [-0.25, -0.2) is 0 Å². The van der Waals surface area contributed by atoms with E-state index in [4.69, 9.17) is 9.47 Å². The standard InChI is InChI=1S/C21H28O2/c1-5-22-21-11-7-10-20(14-21)17(4)12-18-8-6-9-19(13-18)15-23-16(2)3/h6-11,13-14,16-17H,5,12,15H2,1-4H3. The molecule has 0 spiro atoms. The summed E-state index contributed by atoms with van der Waals surface area (Å²) in [6, 6.07) is 17.1. The van der Waals surface area contributed by atoms with Crippen LogP contribution in [-0.2, 0) is 17.8 Å². The maximum absolute atomic E-state index is 5.70. The summed E-state index contributed by atoms with van der Waals surface area (Å²) in [4.78, 5) is 0. The van der Waals surface area contributed by atoms with E-state index >= 15 is 0 Å². The van der Waals surface area contributed by atoms with Gasteiger partial charge in [-0.1, -0.05) is 43.3 Å². The first-order chi connectivity index (χ1) is 11.1. The minimum absolute atomic E-state index is 0.263. The second-order valence-electron chi connectivity index (χ2n) is 6.29. The molecule has 2 nitrogen and oxygen atoms in total. The zero-order chi connectivity index (χ0) is 16.7. The molecule has 2 aromatic rings. The molecule has 0 aliphatic rings. The molecule has 124 valence electrons. The van der Waals surface area contributed by atoms with Crippen molar-refractivity contribution >= 4 is 0 Å². The maximum Gasteiger partial charge on any atom is 0.119 e. The molecule has 0 amide bonds. The van der Waals surface area contributed by atoms with Crippen LogP contribution < -0.4 is 4.74 Å². The van der Waals surface area contributed by atoms with E-state index < -0.39 is 0 Å². The fourth-order valence-electron chi connectivity index (χ4n) is 2.66. The Balaban J connectivity index is 2.03. The van der Waals surface area contributed by atoms with Crippen molar-refractivity contribution in [1.29, 1.82) is 0 Å². The Bertz CT molecular complexity index is 604. The minimum Gasteiger partial charge on any atom is -0.494 e. The molecule has 0 N–H and O–H groups in total. The molecule has 0 saturated carbocycles. The van der Waals surface area contributed by atoms with Crippen molar-refractivity contribution < 1.29 is 9.47 Å². The molecular formula is C21H28O2. The van der Waals surface area contributed by atoms with Gasteiger partial charge < -0.3 is 9.47 Å². The van der Waals surface area contributed by atoms with Crippen LogP contribution in [0.1, 0.15) is 50.3 Å². The largest absolute Gasteiger partial charge is 0.494 e. The number of hydrogen-bond donors (Lipinski definition) is 0. The van der Waals surface area contributed by atoms with E-state index in [9.17, 15) is 0 Å².